The van der Waals surface area contributed by atoms with Gasteiger partial charge in [0.25, 0.3) is 0 Å². The highest BCUT2D eigenvalue weighted by Crippen LogP contribution is 2.01. The molecule has 1 aromatic rings. The lowest BCUT2D eigenvalue weighted by Crippen LogP contribution is -2.13. The first-order valence-electron chi connectivity index (χ1n) is 3.71. The molecule has 0 atom stereocenters. The summed E-state index contributed by atoms with van der Waals surface area (Å²) >= 11 is 0. The summed E-state index contributed by atoms with van der Waals surface area (Å²) in [6.45, 7) is 3.99. The molecule has 1 heterocycles. The number of esters is 1. The second-order valence-corrected chi connectivity index (χ2v) is 2.66. The Labute approximate surface area is 71.1 Å². The molecule has 0 fully saturated rings. The summed E-state index contributed by atoms with van der Waals surface area (Å²) in [4.78, 5) is 10.9. The van der Waals surface area contributed by atoms with Crippen molar-refractivity contribution in [2.45, 2.75) is 20.4 Å². The molecule has 66 valence electrons. The summed E-state index contributed by atoms with van der Waals surface area (Å²) in [7, 11) is 1.37. The zero-order valence-electron chi connectivity index (χ0n) is 7.50. The standard InChI is InChI=1S/C8H12N2O2/c1-6-4-7(2)10(9-6)5-8(11)12-3/h4H,5H2,1-3H3. The smallest absolute Gasteiger partial charge is 0.327 e. The molecule has 0 aliphatic rings. The number of hydrogen-bond acceptors (Lipinski definition) is 3. The number of ether oxygens (including phenoxy) is 1. The fourth-order valence-corrected chi connectivity index (χ4v) is 1.02. The maximum absolute atomic E-state index is 10.9. The maximum atomic E-state index is 10.9. The van der Waals surface area contributed by atoms with Crippen molar-refractivity contribution in [3.8, 4) is 0 Å². The molecule has 0 unspecified atom stereocenters. The van der Waals surface area contributed by atoms with Crippen LogP contribution in [-0.2, 0) is 16.1 Å². The third kappa shape index (κ3) is 1.84. The van der Waals surface area contributed by atoms with Crippen LogP contribution in [0, 0.1) is 13.8 Å². The minimum absolute atomic E-state index is 0.191. The van der Waals surface area contributed by atoms with Gasteiger partial charge in [0.1, 0.15) is 6.54 Å². The lowest BCUT2D eigenvalue weighted by molar-refractivity contribution is -0.141. The molecule has 0 N–H and O–H groups in total. The highest BCUT2D eigenvalue weighted by molar-refractivity contribution is 5.68. The normalized spacial score (nSPS) is 9.92. The number of nitrogens with zero attached hydrogens (tertiary/aromatic N) is 2. The Kier molecular flexibility index (Phi) is 2.47. The van der Waals surface area contributed by atoms with E-state index in [0.717, 1.165) is 11.4 Å². The van der Waals surface area contributed by atoms with Gasteiger partial charge < -0.3 is 4.74 Å². The van der Waals surface area contributed by atoms with E-state index in [2.05, 4.69) is 9.84 Å². The summed E-state index contributed by atoms with van der Waals surface area (Å²) in [5.41, 5.74) is 1.88. The molecule has 0 spiro atoms. The lowest BCUT2D eigenvalue weighted by atomic mass is 10.4. The molecule has 0 saturated carbocycles. The second kappa shape index (κ2) is 3.38. The van der Waals surface area contributed by atoms with Gasteiger partial charge in [0.15, 0.2) is 0 Å². The average Bonchev–Trinajstić information content (AvgIpc) is 2.30. The van der Waals surface area contributed by atoms with Crippen LogP contribution in [0.4, 0.5) is 0 Å². The number of hydrogen-bond donors (Lipinski definition) is 0. The molecule has 0 bridgehead atoms. The van der Waals surface area contributed by atoms with Gasteiger partial charge in [-0.05, 0) is 19.9 Å². The Morgan fingerprint density at radius 3 is 2.75 bits per heavy atom. The van der Waals surface area contributed by atoms with Crippen LogP contribution in [0.5, 0.6) is 0 Å². The summed E-state index contributed by atoms with van der Waals surface area (Å²) in [6, 6.07) is 1.92. The van der Waals surface area contributed by atoms with Crippen molar-refractivity contribution in [2.75, 3.05) is 7.11 Å². The van der Waals surface area contributed by atoms with Gasteiger partial charge in [0.2, 0.25) is 0 Å². The molecule has 0 aliphatic heterocycles. The van der Waals surface area contributed by atoms with Crippen LogP contribution in [0.15, 0.2) is 6.07 Å². The summed E-state index contributed by atoms with van der Waals surface area (Å²) in [5.74, 6) is -0.277. The highest BCUT2D eigenvalue weighted by atomic mass is 16.5. The molecular weight excluding hydrogens is 156 g/mol. The van der Waals surface area contributed by atoms with E-state index in [1.165, 1.54) is 7.11 Å². The number of rotatable bonds is 2. The van der Waals surface area contributed by atoms with Crippen LogP contribution < -0.4 is 0 Å². The molecule has 1 aromatic heterocycles. The summed E-state index contributed by atoms with van der Waals surface area (Å²) in [5, 5.41) is 4.11. The Morgan fingerprint density at radius 1 is 1.67 bits per heavy atom. The van der Waals surface area contributed by atoms with Crippen molar-refractivity contribution in [1.82, 2.24) is 9.78 Å². The van der Waals surface area contributed by atoms with Gasteiger partial charge in [-0.15, -0.1) is 0 Å². The van der Waals surface area contributed by atoms with Gasteiger partial charge in [-0.3, -0.25) is 9.48 Å². The molecule has 4 nitrogen and oxygen atoms in total. The molecule has 0 aliphatic carbocycles. The number of aromatic nitrogens is 2. The monoisotopic (exact) mass is 168 g/mol. The van der Waals surface area contributed by atoms with Crippen molar-refractivity contribution in [3.63, 3.8) is 0 Å². The maximum Gasteiger partial charge on any atom is 0.327 e. The summed E-state index contributed by atoms with van der Waals surface area (Å²) in [6.07, 6.45) is 0. The fraction of sp³-hybridized carbons (Fsp3) is 0.500. The average molecular weight is 168 g/mol. The van der Waals surface area contributed by atoms with E-state index in [0.29, 0.717) is 0 Å². The molecule has 0 aromatic carbocycles. The molecular formula is C8H12N2O2. The molecule has 0 radical (unpaired) electrons. The van der Waals surface area contributed by atoms with Crippen LogP contribution in [0.1, 0.15) is 11.4 Å². The van der Waals surface area contributed by atoms with Crippen molar-refractivity contribution >= 4 is 5.97 Å². The lowest BCUT2D eigenvalue weighted by Gasteiger charge is -2.01. The van der Waals surface area contributed by atoms with Gasteiger partial charge in [-0.2, -0.15) is 5.10 Å². The fourth-order valence-electron chi connectivity index (χ4n) is 1.02. The zero-order chi connectivity index (χ0) is 9.14. The number of carbonyl (C=O) groups is 1. The minimum atomic E-state index is -0.277. The number of carbonyl (C=O) groups excluding carboxylic acids is 1. The Morgan fingerprint density at radius 2 is 2.33 bits per heavy atom. The van der Waals surface area contributed by atoms with Crippen LogP contribution >= 0.6 is 0 Å². The van der Waals surface area contributed by atoms with Crippen molar-refractivity contribution in [1.29, 1.82) is 0 Å². The molecule has 0 amide bonds. The second-order valence-electron chi connectivity index (χ2n) is 2.66. The quantitative estimate of drug-likeness (QED) is 0.610. The molecule has 1 rings (SSSR count). The highest BCUT2D eigenvalue weighted by Gasteiger charge is 2.05. The Hall–Kier alpha value is -1.32. The first-order chi connectivity index (χ1) is 5.63. The van der Waals surface area contributed by atoms with Crippen molar-refractivity contribution in [3.05, 3.63) is 17.5 Å². The van der Waals surface area contributed by atoms with E-state index in [9.17, 15) is 4.79 Å². The Balaban J connectivity index is 2.75. The minimum Gasteiger partial charge on any atom is -0.468 e. The SMILES string of the molecule is COC(=O)Cn1nc(C)cc1C. The van der Waals surface area contributed by atoms with Gasteiger partial charge in [0.05, 0.1) is 12.8 Å². The van der Waals surface area contributed by atoms with Crippen LogP contribution in [-0.4, -0.2) is 22.9 Å². The van der Waals surface area contributed by atoms with E-state index < -0.39 is 0 Å². The van der Waals surface area contributed by atoms with E-state index >= 15 is 0 Å². The van der Waals surface area contributed by atoms with Crippen molar-refractivity contribution < 1.29 is 9.53 Å². The third-order valence-electron chi connectivity index (χ3n) is 1.61. The molecule has 0 saturated heterocycles. The van der Waals surface area contributed by atoms with Gasteiger partial charge in [-0.25, -0.2) is 0 Å². The van der Waals surface area contributed by atoms with E-state index in [1.54, 1.807) is 4.68 Å². The predicted molar refractivity (Wildman–Crippen MR) is 43.7 cm³/mol. The van der Waals surface area contributed by atoms with Crippen LogP contribution in [0.3, 0.4) is 0 Å². The van der Waals surface area contributed by atoms with E-state index in [4.69, 9.17) is 0 Å². The largest absolute Gasteiger partial charge is 0.468 e. The van der Waals surface area contributed by atoms with Crippen LogP contribution in [0.2, 0.25) is 0 Å². The number of methoxy groups -OCH3 is 1. The molecule has 12 heavy (non-hydrogen) atoms. The van der Waals surface area contributed by atoms with Gasteiger partial charge in [-0.1, -0.05) is 0 Å². The number of aryl methyl sites for hydroxylation is 2. The first-order valence-corrected chi connectivity index (χ1v) is 3.71. The third-order valence-corrected chi connectivity index (χ3v) is 1.61. The predicted octanol–water partition coefficient (Wildman–Crippen LogP) is 0.673. The molecule has 4 heteroatoms. The van der Waals surface area contributed by atoms with E-state index in [1.807, 2.05) is 19.9 Å². The Bertz CT molecular complexity index is 291. The zero-order valence-corrected chi connectivity index (χ0v) is 7.50. The summed E-state index contributed by atoms with van der Waals surface area (Å²) < 4.78 is 6.14. The van der Waals surface area contributed by atoms with Crippen LogP contribution in [0.25, 0.3) is 0 Å². The van der Waals surface area contributed by atoms with Crippen molar-refractivity contribution in [2.24, 2.45) is 0 Å². The van der Waals surface area contributed by atoms with Gasteiger partial charge >= 0.3 is 5.97 Å². The van der Waals surface area contributed by atoms with E-state index in [-0.39, 0.29) is 12.5 Å². The van der Waals surface area contributed by atoms with Gasteiger partial charge in [0, 0.05) is 5.69 Å². The topological polar surface area (TPSA) is 44.1 Å². The first kappa shape index (κ1) is 8.77.